The normalized spacial score (nSPS) is 14.0. The molecule has 2 N–H and O–H groups in total. The maximum Gasteiger partial charge on any atom is 0.0956 e. The van der Waals surface area contributed by atoms with Crippen molar-refractivity contribution in [2.24, 2.45) is 0 Å². The van der Waals surface area contributed by atoms with E-state index in [4.69, 9.17) is 0 Å². The maximum absolute atomic E-state index is 9.20. The quantitative estimate of drug-likeness (QED) is 0.784. The molecule has 2 rings (SSSR count). The molecule has 0 unspecified atom stereocenters. The highest BCUT2D eigenvalue weighted by Gasteiger charge is 2.13. The van der Waals surface area contributed by atoms with Crippen LogP contribution in [0.4, 0.5) is 0 Å². The Labute approximate surface area is 109 Å². The van der Waals surface area contributed by atoms with E-state index in [1.807, 2.05) is 4.90 Å². The van der Waals surface area contributed by atoms with E-state index >= 15 is 0 Å². The van der Waals surface area contributed by atoms with Crippen molar-refractivity contribution < 1.29 is 5.11 Å². The minimum Gasteiger partial charge on any atom is -0.381 e. The van der Waals surface area contributed by atoms with Gasteiger partial charge in [0, 0.05) is 23.5 Å². The number of rotatable bonds is 5. The SMILES string of the molecule is CCN(CO)CCc1c(C)[nH]c2c1C=CCC=C2. The number of allylic oxidation sites excluding steroid dienone is 2. The van der Waals surface area contributed by atoms with Gasteiger partial charge in [-0.25, -0.2) is 0 Å². The summed E-state index contributed by atoms with van der Waals surface area (Å²) in [5, 5.41) is 9.20. The zero-order valence-corrected chi connectivity index (χ0v) is 11.2. The van der Waals surface area contributed by atoms with Crippen LogP contribution in [0.25, 0.3) is 12.2 Å². The first-order chi connectivity index (χ1) is 8.76. The molecular weight excluding hydrogens is 224 g/mol. The molecule has 0 saturated heterocycles. The second kappa shape index (κ2) is 6.03. The Kier molecular flexibility index (Phi) is 4.39. The molecule has 0 amide bonds. The van der Waals surface area contributed by atoms with Gasteiger partial charge < -0.3 is 10.1 Å². The van der Waals surface area contributed by atoms with Gasteiger partial charge in [0.05, 0.1) is 6.73 Å². The van der Waals surface area contributed by atoms with E-state index in [1.165, 1.54) is 22.5 Å². The summed E-state index contributed by atoms with van der Waals surface area (Å²) in [5.74, 6) is 0. The Hall–Kier alpha value is -1.32. The molecule has 1 aromatic heterocycles. The minimum absolute atomic E-state index is 0.137. The Morgan fingerprint density at radius 2 is 2.11 bits per heavy atom. The van der Waals surface area contributed by atoms with Crippen LogP contribution < -0.4 is 0 Å². The molecule has 3 heteroatoms. The lowest BCUT2D eigenvalue weighted by Crippen LogP contribution is -2.26. The van der Waals surface area contributed by atoms with Crippen molar-refractivity contribution >= 4 is 12.2 Å². The fourth-order valence-corrected chi connectivity index (χ4v) is 2.40. The van der Waals surface area contributed by atoms with E-state index in [1.54, 1.807) is 0 Å². The number of hydrogen-bond donors (Lipinski definition) is 2. The number of fused-ring (bicyclic) bond motifs is 1. The summed E-state index contributed by atoms with van der Waals surface area (Å²) in [4.78, 5) is 5.48. The number of nitrogens with one attached hydrogen (secondary N) is 1. The fourth-order valence-electron chi connectivity index (χ4n) is 2.40. The number of hydrogen-bond acceptors (Lipinski definition) is 2. The molecule has 3 nitrogen and oxygen atoms in total. The van der Waals surface area contributed by atoms with E-state index in [0.717, 1.165) is 25.9 Å². The Morgan fingerprint density at radius 1 is 1.33 bits per heavy atom. The number of aryl methyl sites for hydroxylation is 1. The average molecular weight is 246 g/mol. The molecule has 0 saturated carbocycles. The average Bonchev–Trinajstić information content (AvgIpc) is 2.55. The predicted octanol–water partition coefficient (Wildman–Crippen LogP) is 2.57. The smallest absolute Gasteiger partial charge is 0.0956 e. The number of aromatic amines is 1. The monoisotopic (exact) mass is 246 g/mol. The van der Waals surface area contributed by atoms with Crippen LogP contribution in [0.3, 0.4) is 0 Å². The summed E-state index contributed by atoms with van der Waals surface area (Å²) < 4.78 is 0. The Morgan fingerprint density at radius 3 is 2.83 bits per heavy atom. The van der Waals surface area contributed by atoms with Gasteiger partial charge in [-0.05, 0) is 37.9 Å². The second-order valence-corrected chi connectivity index (χ2v) is 4.70. The molecule has 1 heterocycles. The summed E-state index contributed by atoms with van der Waals surface area (Å²) in [6.45, 7) is 6.12. The van der Waals surface area contributed by atoms with Gasteiger partial charge in [0.1, 0.15) is 0 Å². The number of aliphatic hydroxyl groups is 1. The van der Waals surface area contributed by atoms with Gasteiger partial charge in [0.2, 0.25) is 0 Å². The van der Waals surface area contributed by atoms with Gasteiger partial charge in [-0.15, -0.1) is 0 Å². The molecule has 0 fully saturated rings. The van der Waals surface area contributed by atoms with E-state index in [9.17, 15) is 5.11 Å². The van der Waals surface area contributed by atoms with E-state index in [-0.39, 0.29) is 6.73 Å². The van der Waals surface area contributed by atoms with E-state index < -0.39 is 0 Å². The van der Waals surface area contributed by atoms with Crippen molar-refractivity contribution in [3.63, 3.8) is 0 Å². The summed E-state index contributed by atoms with van der Waals surface area (Å²) in [6.07, 6.45) is 10.7. The van der Waals surface area contributed by atoms with Crippen molar-refractivity contribution in [1.29, 1.82) is 0 Å². The van der Waals surface area contributed by atoms with Gasteiger partial charge in [-0.1, -0.05) is 25.2 Å². The molecule has 0 aliphatic heterocycles. The van der Waals surface area contributed by atoms with Crippen LogP contribution in [0.15, 0.2) is 12.2 Å². The van der Waals surface area contributed by atoms with Crippen LogP contribution in [-0.2, 0) is 6.42 Å². The van der Waals surface area contributed by atoms with Gasteiger partial charge >= 0.3 is 0 Å². The third-order valence-electron chi connectivity index (χ3n) is 3.56. The zero-order valence-electron chi connectivity index (χ0n) is 11.2. The largest absolute Gasteiger partial charge is 0.381 e. The van der Waals surface area contributed by atoms with Crippen LogP contribution in [0.2, 0.25) is 0 Å². The summed E-state index contributed by atoms with van der Waals surface area (Å²) in [7, 11) is 0. The summed E-state index contributed by atoms with van der Waals surface area (Å²) >= 11 is 0. The molecule has 0 spiro atoms. The van der Waals surface area contributed by atoms with E-state index in [2.05, 4.69) is 43.1 Å². The molecule has 0 radical (unpaired) electrons. The highest BCUT2D eigenvalue weighted by atomic mass is 16.3. The fraction of sp³-hybridized carbons (Fsp3) is 0.467. The molecule has 0 aromatic carbocycles. The Bertz CT molecular complexity index is 453. The van der Waals surface area contributed by atoms with Crippen molar-refractivity contribution in [3.8, 4) is 0 Å². The molecule has 0 bridgehead atoms. The Balaban J connectivity index is 2.18. The van der Waals surface area contributed by atoms with Gasteiger partial charge in [0.25, 0.3) is 0 Å². The lowest BCUT2D eigenvalue weighted by Gasteiger charge is -2.17. The van der Waals surface area contributed by atoms with Crippen molar-refractivity contribution in [1.82, 2.24) is 9.88 Å². The molecule has 0 atom stereocenters. The maximum atomic E-state index is 9.20. The highest BCUT2D eigenvalue weighted by Crippen LogP contribution is 2.24. The summed E-state index contributed by atoms with van der Waals surface area (Å²) in [5.41, 5.74) is 5.14. The molecule has 1 aromatic rings. The van der Waals surface area contributed by atoms with Crippen LogP contribution in [0.5, 0.6) is 0 Å². The lowest BCUT2D eigenvalue weighted by molar-refractivity contribution is 0.114. The first kappa shape index (κ1) is 13.1. The molecule has 98 valence electrons. The minimum atomic E-state index is 0.137. The van der Waals surface area contributed by atoms with Crippen LogP contribution in [-0.4, -0.2) is 34.8 Å². The molecule has 1 aliphatic rings. The topological polar surface area (TPSA) is 39.3 Å². The van der Waals surface area contributed by atoms with Crippen molar-refractivity contribution in [3.05, 3.63) is 34.7 Å². The van der Waals surface area contributed by atoms with E-state index in [0.29, 0.717) is 0 Å². The third kappa shape index (κ3) is 2.74. The highest BCUT2D eigenvalue weighted by molar-refractivity contribution is 5.69. The zero-order chi connectivity index (χ0) is 13.0. The van der Waals surface area contributed by atoms with Gasteiger partial charge in [0.15, 0.2) is 0 Å². The number of aromatic nitrogens is 1. The number of likely N-dealkylation sites (N-methyl/N-ethyl adjacent to an activating group) is 1. The van der Waals surface area contributed by atoms with Crippen LogP contribution in [0, 0.1) is 6.92 Å². The predicted molar refractivity (Wildman–Crippen MR) is 76.3 cm³/mol. The standard InChI is InChI=1S/C15H22N2O/c1-3-17(11-18)10-9-13-12(2)16-15-8-6-4-5-7-14(13)15/h5-8,16,18H,3-4,9-11H2,1-2H3. The number of aliphatic hydroxyl groups excluding tert-OH is 1. The second-order valence-electron chi connectivity index (χ2n) is 4.70. The first-order valence-corrected chi connectivity index (χ1v) is 6.64. The lowest BCUT2D eigenvalue weighted by atomic mass is 10.0. The first-order valence-electron chi connectivity index (χ1n) is 6.64. The number of nitrogens with zero attached hydrogens (tertiary/aromatic N) is 1. The van der Waals surface area contributed by atoms with Crippen molar-refractivity contribution in [2.75, 3.05) is 19.8 Å². The third-order valence-corrected chi connectivity index (χ3v) is 3.56. The van der Waals surface area contributed by atoms with Crippen LogP contribution >= 0.6 is 0 Å². The molecule has 18 heavy (non-hydrogen) atoms. The number of H-pyrrole nitrogens is 1. The van der Waals surface area contributed by atoms with Crippen molar-refractivity contribution in [2.45, 2.75) is 26.7 Å². The molecule has 1 aliphatic carbocycles. The molecular formula is C15H22N2O. The summed E-state index contributed by atoms with van der Waals surface area (Å²) in [6, 6.07) is 0. The van der Waals surface area contributed by atoms with Gasteiger partial charge in [-0.2, -0.15) is 0 Å². The van der Waals surface area contributed by atoms with Gasteiger partial charge in [-0.3, -0.25) is 4.90 Å². The van der Waals surface area contributed by atoms with Crippen LogP contribution in [0.1, 0.15) is 35.9 Å².